The lowest BCUT2D eigenvalue weighted by molar-refractivity contribution is -0.385. The molecule has 7 nitrogen and oxygen atoms in total. The highest BCUT2D eigenvalue weighted by Crippen LogP contribution is 2.22. The standard InChI is InChI=1S/C17H14ClN5O2S/c1-12-2-3-14(8-16(12)23(24)25)9-20-22-11-19-21-17(22)26-10-13-4-6-15(18)7-5-13/h2-9,11H,10H2,1H3/b20-9-. The fourth-order valence-electron chi connectivity index (χ4n) is 2.15. The van der Waals surface area contributed by atoms with Gasteiger partial charge in [0.15, 0.2) is 0 Å². The Bertz CT molecular complexity index is 956. The molecule has 9 heteroatoms. The van der Waals surface area contributed by atoms with Gasteiger partial charge in [-0.05, 0) is 24.6 Å². The first-order chi connectivity index (χ1) is 12.5. The molecule has 0 unspecified atom stereocenters. The van der Waals surface area contributed by atoms with Crippen LogP contribution in [0.15, 0.2) is 59.0 Å². The summed E-state index contributed by atoms with van der Waals surface area (Å²) in [6.07, 6.45) is 3.03. The van der Waals surface area contributed by atoms with E-state index >= 15 is 0 Å². The first kappa shape index (κ1) is 18.1. The fraction of sp³-hybridized carbons (Fsp3) is 0.118. The van der Waals surface area contributed by atoms with Crippen molar-refractivity contribution >= 4 is 35.3 Å². The van der Waals surface area contributed by atoms with Crippen LogP contribution >= 0.6 is 23.4 Å². The summed E-state index contributed by atoms with van der Waals surface area (Å²) in [5.74, 6) is 0.696. The summed E-state index contributed by atoms with van der Waals surface area (Å²) in [6, 6.07) is 12.5. The van der Waals surface area contributed by atoms with Crippen LogP contribution in [0.25, 0.3) is 0 Å². The second-order valence-corrected chi connectivity index (χ2v) is 6.80. The molecule has 0 aliphatic rings. The molecule has 0 fully saturated rings. The molecule has 0 amide bonds. The largest absolute Gasteiger partial charge is 0.272 e. The van der Waals surface area contributed by atoms with Gasteiger partial charge in [-0.15, -0.1) is 10.2 Å². The Morgan fingerprint density at radius 2 is 2.08 bits per heavy atom. The summed E-state index contributed by atoms with van der Waals surface area (Å²) in [5, 5.41) is 24.6. The third-order valence-corrected chi connectivity index (χ3v) is 4.80. The number of hydrogen-bond donors (Lipinski definition) is 0. The number of nitro groups is 1. The molecule has 0 bridgehead atoms. The molecule has 0 N–H and O–H groups in total. The maximum Gasteiger partial charge on any atom is 0.272 e. The third-order valence-electron chi connectivity index (χ3n) is 3.54. The van der Waals surface area contributed by atoms with Gasteiger partial charge < -0.3 is 0 Å². The summed E-state index contributed by atoms with van der Waals surface area (Å²) < 4.78 is 1.53. The minimum absolute atomic E-state index is 0.0649. The number of rotatable bonds is 6. The first-order valence-corrected chi connectivity index (χ1v) is 8.96. The van der Waals surface area contributed by atoms with Crippen molar-refractivity contribution in [2.24, 2.45) is 5.10 Å². The van der Waals surface area contributed by atoms with Gasteiger partial charge in [-0.2, -0.15) is 9.78 Å². The molecule has 0 radical (unpaired) electrons. The van der Waals surface area contributed by atoms with E-state index in [1.54, 1.807) is 25.3 Å². The molecule has 0 aliphatic heterocycles. The number of thioether (sulfide) groups is 1. The molecule has 3 aromatic rings. The molecule has 0 atom stereocenters. The van der Waals surface area contributed by atoms with Crippen LogP contribution in [-0.4, -0.2) is 26.0 Å². The van der Waals surface area contributed by atoms with E-state index in [1.165, 1.54) is 28.8 Å². The van der Waals surface area contributed by atoms with Crippen molar-refractivity contribution in [3.05, 3.63) is 80.6 Å². The average molecular weight is 388 g/mol. The van der Waals surface area contributed by atoms with E-state index in [1.807, 2.05) is 24.3 Å². The molecule has 3 rings (SSSR count). The van der Waals surface area contributed by atoms with Gasteiger partial charge in [-0.25, -0.2) is 0 Å². The predicted molar refractivity (Wildman–Crippen MR) is 102 cm³/mol. The van der Waals surface area contributed by atoms with Crippen molar-refractivity contribution in [1.82, 2.24) is 14.9 Å². The first-order valence-electron chi connectivity index (χ1n) is 7.59. The van der Waals surface area contributed by atoms with Crippen molar-refractivity contribution in [2.75, 3.05) is 0 Å². The molecule has 2 aromatic carbocycles. The normalized spacial score (nSPS) is 11.2. The highest BCUT2D eigenvalue weighted by atomic mass is 35.5. The molecular weight excluding hydrogens is 374 g/mol. The number of aryl methyl sites for hydroxylation is 1. The van der Waals surface area contributed by atoms with E-state index in [-0.39, 0.29) is 5.69 Å². The fourth-order valence-corrected chi connectivity index (χ4v) is 3.10. The van der Waals surface area contributed by atoms with E-state index in [0.29, 0.717) is 27.1 Å². The third kappa shape index (κ3) is 4.47. The highest BCUT2D eigenvalue weighted by molar-refractivity contribution is 7.98. The van der Waals surface area contributed by atoms with Crippen LogP contribution in [0, 0.1) is 17.0 Å². The number of nitrogens with zero attached hydrogens (tertiary/aromatic N) is 5. The SMILES string of the molecule is Cc1ccc(/C=N\n2cnnc2SCc2ccc(Cl)cc2)cc1[N+](=O)[O-]. The Labute approximate surface area is 158 Å². The molecule has 0 spiro atoms. The highest BCUT2D eigenvalue weighted by Gasteiger charge is 2.10. The van der Waals surface area contributed by atoms with E-state index in [9.17, 15) is 10.1 Å². The average Bonchev–Trinajstić information content (AvgIpc) is 3.08. The van der Waals surface area contributed by atoms with Crippen molar-refractivity contribution in [3.63, 3.8) is 0 Å². The molecule has 26 heavy (non-hydrogen) atoms. The van der Waals surface area contributed by atoms with Gasteiger partial charge in [0.05, 0.1) is 11.1 Å². The Hall–Kier alpha value is -2.71. The lowest BCUT2D eigenvalue weighted by Crippen LogP contribution is -1.95. The molecule has 132 valence electrons. The summed E-state index contributed by atoms with van der Waals surface area (Å²) >= 11 is 7.36. The number of benzene rings is 2. The maximum absolute atomic E-state index is 11.0. The maximum atomic E-state index is 11.0. The van der Waals surface area contributed by atoms with Crippen molar-refractivity contribution in [3.8, 4) is 0 Å². The molecule has 0 saturated carbocycles. The summed E-state index contributed by atoms with van der Waals surface area (Å²) in [5.41, 5.74) is 2.41. The van der Waals surface area contributed by atoms with E-state index < -0.39 is 4.92 Å². The van der Waals surface area contributed by atoms with Crippen LogP contribution in [-0.2, 0) is 5.75 Å². The Morgan fingerprint density at radius 1 is 1.31 bits per heavy atom. The second kappa shape index (κ2) is 8.11. The van der Waals surface area contributed by atoms with Crippen LogP contribution in [0.4, 0.5) is 5.69 Å². The number of aromatic nitrogens is 3. The Kier molecular flexibility index (Phi) is 5.65. The minimum atomic E-state index is -0.404. The number of halogens is 1. The van der Waals surface area contributed by atoms with Gasteiger partial charge in [-0.1, -0.05) is 47.6 Å². The molecule has 1 aromatic heterocycles. The van der Waals surface area contributed by atoms with Gasteiger partial charge in [-0.3, -0.25) is 10.1 Å². The van der Waals surface area contributed by atoms with Crippen LogP contribution in [0.5, 0.6) is 0 Å². The molecule has 1 heterocycles. The topological polar surface area (TPSA) is 86.2 Å². The van der Waals surface area contributed by atoms with E-state index in [2.05, 4.69) is 15.3 Å². The van der Waals surface area contributed by atoms with Gasteiger partial charge in [0.25, 0.3) is 5.69 Å². The molecular formula is C17H14ClN5O2S. The molecule has 0 saturated heterocycles. The Morgan fingerprint density at radius 3 is 2.81 bits per heavy atom. The van der Waals surface area contributed by atoms with Crippen molar-refractivity contribution in [1.29, 1.82) is 0 Å². The monoisotopic (exact) mass is 387 g/mol. The Balaban J connectivity index is 1.72. The summed E-state index contributed by atoms with van der Waals surface area (Å²) in [6.45, 7) is 1.70. The zero-order chi connectivity index (χ0) is 18.5. The van der Waals surface area contributed by atoms with Gasteiger partial charge in [0.2, 0.25) is 5.16 Å². The summed E-state index contributed by atoms with van der Waals surface area (Å²) in [4.78, 5) is 10.6. The zero-order valence-corrected chi connectivity index (χ0v) is 15.3. The van der Waals surface area contributed by atoms with Crippen LogP contribution < -0.4 is 0 Å². The lowest BCUT2D eigenvalue weighted by Gasteiger charge is -2.02. The van der Waals surface area contributed by atoms with Gasteiger partial charge in [0, 0.05) is 28.0 Å². The molecule has 0 aliphatic carbocycles. The second-order valence-electron chi connectivity index (χ2n) is 5.42. The van der Waals surface area contributed by atoms with Crippen molar-refractivity contribution < 1.29 is 4.92 Å². The predicted octanol–water partition coefficient (Wildman–Crippen LogP) is 4.32. The lowest BCUT2D eigenvalue weighted by atomic mass is 10.1. The van der Waals surface area contributed by atoms with Crippen LogP contribution in [0.1, 0.15) is 16.7 Å². The van der Waals surface area contributed by atoms with Gasteiger partial charge in [0.1, 0.15) is 6.33 Å². The van der Waals surface area contributed by atoms with Crippen molar-refractivity contribution in [2.45, 2.75) is 17.8 Å². The van der Waals surface area contributed by atoms with Crippen LogP contribution in [0.3, 0.4) is 0 Å². The minimum Gasteiger partial charge on any atom is -0.258 e. The van der Waals surface area contributed by atoms with E-state index in [4.69, 9.17) is 11.6 Å². The zero-order valence-electron chi connectivity index (χ0n) is 13.7. The number of nitro benzene ring substituents is 1. The van der Waals surface area contributed by atoms with E-state index in [0.717, 1.165) is 5.56 Å². The quantitative estimate of drug-likeness (QED) is 0.272. The van der Waals surface area contributed by atoms with Crippen LogP contribution in [0.2, 0.25) is 5.02 Å². The summed E-state index contributed by atoms with van der Waals surface area (Å²) in [7, 11) is 0. The van der Waals surface area contributed by atoms with Gasteiger partial charge >= 0.3 is 0 Å². The smallest absolute Gasteiger partial charge is 0.258 e. The number of hydrogen-bond acceptors (Lipinski definition) is 6.